The molecule has 0 radical (unpaired) electrons. The molecule has 1 saturated heterocycles. The Morgan fingerprint density at radius 2 is 2.11 bits per heavy atom. The highest BCUT2D eigenvalue weighted by molar-refractivity contribution is 7.88. The number of ether oxygens (including phenoxy) is 1. The number of hydrogen-bond acceptors (Lipinski definition) is 4. The molecular formula is C13H20N2O3S. The molecule has 1 aliphatic heterocycles. The van der Waals surface area contributed by atoms with E-state index < -0.39 is 10.0 Å². The van der Waals surface area contributed by atoms with Gasteiger partial charge in [0.25, 0.3) is 0 Å². The molecule has 2 heterocycles. The maximum atomic E-state index is 11.8. The zero-order valence-corrected chi connectivity index (χ0v) is 12.1. The summed E-state index contributed by atoms with van der Waals surface area (Å²) < 4.78 is 30.9. The Morgan fingerprint density at radius 1 is 1.42 bits per heavy atom. The first-order valence-corrected chi connectivity index (χ1v) is 8.34. The number of aromatic nitrogens is 1. The Hall–Kier alpha value is -0.980. The third-order valence-electron chi connectivity index (χ3n) is 3.43. The predicted octanol–water partition coefficient (Wildman–Crippen LogP) is 1.06. The molecule has 1 aromatic rings. The second-order valence-corrected chi connectivity index (χ2v) is 6.72. The third kappa shape index (κ3) is 3.52. The van der Waals surface area contributed by atoms with E-state index >= 15 is 0 Å². The van der Waals surface area contributed by atoms with Crippen LogP contribution in [0.25, 0.3) is 0 Å². The van der Waals surface area contributed by atoms with E-state index in [-0.39, 0.29) is 12.1 Å². The Kier molecular flexibility index (Phi) is 4.54. The molecule has 0 spiro atoms. The van der Waals surface area contributed by atoms with Gasteiger partial charge in [0.15, 0.2) is 0 Å². The van der Waals surface area contributed by atoms with Crippen molar-refractivity contribution in [2.75, 3.05) is 19.4 Å². The fraction of sp³-hybridized carbons (Fsp3) is 0.615. The van der Waals surface area contributed by atoms with Crippen LogP contribution in [0.15, 0.2) is 24.5 Å². The van der Waals surface area contributed by atoms with Crippen molar-refractivity contribution in [2.24, 2.45) is 0 Å². The van der Waals surface area contributed by atoms with Gasteiger partial charge >= 0.3 is 0 Å². The van der Waals surface area contributed by atoms with Crippen molar-refractivity contribution >= 4 is 10.0 Å². The Balaban J connectivity index is 2.19. The highest BCUT2D eigenvalue weighted by Crippen LogP contribution is 2.26. The normalized spacial score (nSPS) is 24.7. The lowest BCUT2D eigenvalue weighted by Gasteiger charge is -2.26. The van der Waals surface area contributed by atoms with Crippen LogP contribution in [-0.4, -0.2) is 49.3 Å². The van der Waals surface area contributed by atoms with Gasteiger partial charge in [0, 0.05) is 25.5 Å². The van der Waals surface area contributed by atoms with Gasteiger partial charge in [0.1, 0.15) is 0 Å². The number of pyridine rings is 1. The quantitative estimate of drug-likeness (QED) is 0.811. The molecular weight excluding hydrogens is 264 g/mol. The summed E-state index contributed by atoms with van der Waals surface area (Å²) in [7, 11) is -3.19. The molecule has 0 saturated carbocycles. The van der Waals surface area contributed by atoms with Crippen LogP contribution in [0.3, 0.4) is 0 Å². The molecule has 0 amide bonds. The van der Waals surface area contributed by atoms with E-state index in [0.717, 1.165) is 12.0 Å². The van der Waals surface area contributed by atoms with E-state index in [1.54, 1.807) is 16.7 Å². The average Bonchev–Trinajstić information content (AvgIpc) is 2.74. The van der Waals surface area contributed by atoms with E-state index in [1.807, 2.05) is 19.1 Å². The minimum absolute atomic E-state index is 0.0205. The molecule has 2 atom stereocenters. The first-order chi connectivity index (χ1) is 9.02. The number of rotatable bonds is 5. The molecule has 1 aliphatic rings. The highest BCUT2D eigenvalue weighted by atomic mass is 32.2. The maximum absolute atomic E-state index is 11.8. The number of sulfonamides is 1. The third-order valence-corrected chi connectivity index (χ3v) is 4.74. The van der Waals surface area contributed by atoms with Gasteiger partial charge in [0.2, 0.25) is 10.0 Å². The van der Waals surface area contributed by atoms with Crippen LogP contribution in [-0.2, 0) is 21.2 Å². The lowest BCUT2D eigenvalue weighted by atomic mass is 10.0. The van der Waals surface area contributed by atoms with Gasteiger partial charge in [0.05, 0.1) is 18.4 Å². The van der Waals surface area contributed by atoms with E-state index in [1.165, 1.54) is 6.26 Å². The molecule has 1 fully saturated rings. The summed E-state index contributed by atoms with van der Waals surface area (Å²) in [4.78, 5) is 3.98. The lowest BCUT2D eigenvalue weighted by molar-refractivity contribution is 0.0458. The molecule has 0 unspecified atom stereocenters. The van der Waals surface area contributed by atoms with Crippen molar-refractivity contribution in [2.45, 2.75) is 31.9 Å². The van der Waals surface area contributed by atoms with Crippen LogP contribution < -0.4 is 0 Å². The van der Waals surface area contributed by atoms with Crippen LogP contribution in [0, 0.1) is 0 Å². The fourth-order valence-corrected chi connectivity index (χ4v) is 3.75. The predicted molar refractivity (Wildman–Crippen MR) is 73.3 cm³/mol. The zero-order chi connectivity index (χ0) is 13.9. The van der Waals surface area contributed by atoms with Crippen molar-refractivity contribution in [1.82, 2.24) is 9.29 Å². The van der Waals surface area contributed by atoms with E-state index in [2.05, 4.69) is 4.98 Å². The summed E-state index contributed by atoms with van der Waals surface area (Å²) in [5.74, 6) is 0. The number of nitrogens with zero attached hydrogens (tertiary/aromatic N) is 2. The summed E-state index contributed by atoms with van der Waals surface area (Å²) in [6.45, 7) is 3.08. The van der Waals surface area contributed by atoms with Gasteiger partial charge in [-0.25, -0.2) is 8.42 Å². The Morgan fingerprint density at radius 3 is 2.68 bits per heavy atom. The first kappa shape index (κ1) is 14.4. The monoisotopic (exact) mass is 284 g/mol. The lowest BCUT2D eigenvalue weighted by Crippen LogP contribution is -2.41. The van der Waals surface area contributed by atoms with Crippen LogP contribution in [0.5, 0.6) is 0 Å². The molecule has 0 N–H and O–H groups in total. The molecule has 1 aromatic heterocycles. The molecule has 106 valence electrons. The second-order valence-electron chi connectivity index (χ2n) is 4.78. The SMILES string of the molecule is CCO[C@@H]1CCN(S(C)(=O)=O)[C@@H]1Cc1ccncc1. The van der Waals surface area contributed by atoms with E-state index in [0.29, 0.717) is 19.6 Å². The van der Waals surface area contributed by atoms with Crippen molar-refractivity contribution in [3.63, 3.8) is 0 Å². The standard InChI is InChI=1S/C13H20N2O3S/c1-3-18-13-6-9-15(19(2,16)17)12(13)10-11-4-7-14-8-5-11/h4-5,7-8,12-13H,3,6,9-10H2,1-2H3/t12-,13-/m1/s1. The van der Waals surface area contributed by atoms with Crippen molar-refractivity contribution in [3.8, 4) is 0 Å². The smallest absolute Gasteiger partial charge is 0.211 e. The van der Waals surface area contributed by atoms with Crippen LogP contribution in [0.1, 0.15) is 18.9 Å². The summed E-state index contributed by atoms with van der Waals surface area (Å²) >= 11 is 0. The van der Waals surface area contributed by atoms with Gasteiger partial charge in [-0.1, -0.05) is 0 Å². The largest absolute Gasteiger partial charge is 0.377 e. The van der Waals surface area contributed by atoms with Gasteiger partial charge in [-0.3, -0.25) is 4.98 Å². The van der Waals surface area contributed by atoms with E-state index in [4.69, 9.17) is 4.74 Å². The van der Waals surface area contributed by atoms with Crippen molar-refractivity contribution < 1.29 is 13.2 Å². The Labute approximate surface area is 114 Å². The van der Waals surface area contributed by atoms with Gasteiger partial charge in [-0.2, -0.15) is 4.31 Å². The highest BCUT2D eigenvalue weighted by Gasteiger charge is 2.39. The summed E-state index contributed by atoms with van der Waals surface area (Å²) in [5.41, 5.74) is 1.08. The molecule has 19 heavy (non-hydrogen) atoms. The molecule has 2 rings (SSSR count). The average molecular weight is 284 g/mol. The molecule has 0 bridgehead atoms. The maximum Gasteiger partial charge on any atom is 0.211 e. The minimum Gasteiger partial charge on any atom is -0.377 e. The van der Waals surface area contributed by atoms with Gasteiger partial charge in [-0.05, 0) is 37.5 Å². The van der Waals surface area contributed by atoms with E-state index in [9.17, 15) is 8.42 Å². The zero-order valence-electron chi connectivity index (χ0n) is 11.3. The number of hydrogen-bond donors (Lipinski definition) is 0. The van der Waals surface area contributed by atoms with Crippen LogP contribution >= 0.6 is 0 Å². The molecule has 0 aromatic carbocycles. The topological polar surface area (TPSA) is 59.5 Å². The van der Waals surface area contributed by atoms with Gasteiger partial charge < -0.3 is 4.74 Å². The summed E-state index contributed by atoms with van der Waals surface area (Å²) in [5, 5.41) is 0. The van der Waals surface area contributed by atoms with Crippen LogP contribution in [0.4, 0.5) is 0 Å². The fourth-order valence-electron chi connectivity index (χ4n) is 2.61. The Bertz CT molecular complexity index is 504. The molecule has 5 nitrogen and oxygen atoms in total. The molecule has 0 aliphatic carbocycles. The van der Waals surface area contributed by atoms with Crippen LogP contribution in [0.2, 0.25) is 0 Å². The first-order valence-electron chi connectivity index (χ1n) is 6.49. The van der Waals surface area contributed by atoms with Gasteiger partial charge in [-0.15, -0.1) is 0 Å². The second kappa shape index (κ2) is 5.98. The summed E-state index contributed by atoms with van der Waals surface area (Å²) in [6, 6.07) is 3.72. The molecule has 6 heteroatoms. The van der Waals surface area contributed by atoms with Crippen molar-refractivity contribution in [3.05, 3.63) is 30.1 Å². The van der Waals surface area contributed by atoms with Crippen molar-refractivity contribution in [1.29, 1.82) is 0 Å². The summed E-state index contributed by atoms with van der Waals surface area (Å²) in [6.07, 6.45) is 6.13. The minimum atomic E-state index is -3.19.